The first-order chi connectivity index (χ1) is 16.6. The van der Waals surface area contributed by atoms with Crippen LogP contribution in [-0.2, 0) is 12.8 Å². The third-order valence-electron chi connectivity index (χ3n) is 6.38. The van der Waals surface area contributed by atoms with Crippen molar-refractivity contribution in [2.75, 3.05) is 0 Å². The van der Waals surface area contributed by atoms with Crippen LogP contribution in [0.2, 0.25) is 0 Å². The number of carboxylic acids is 1. The molecule has 0 aliphatic heterocycles. The van der Waals surface area contributed by atoms with Gasteiger partial charge in [-0.25, -0.2) is 9.59 Å². The number of carbonyl (C=O) groups excluding carboxylic acids is 1. The van der Waals surface area contributed by atoms with Gasteiger partial charge in [0.25, 0.3) is 0 Å². The first-order valence-corrected chi connectivity index (χ1v) is 13.2. The Morgan fingerprint density at radius 3 is 1.85 bits per heavy atom. The monoisotopic (exact) mass is 466 g/mol. The molecule has 0 fully saturated rings. The van der Waals surface area contributed by atoms with Crippen LogP contribution in [0.25, 0.3) is 0 Å². The van der Waals surface area contributed by atoms with E-state index in [4.69, 9.17) is 4.74 Å². The summed E-state index contributed by atoms with van der Waals surface area (Å²) in [6, 6.07) is 12.4. The van der Waals surface area contributed by atoms with Crippen LogP contribution in [0, 0.1) is 0 Å². The van der Waals surface area contributed by atoms with Gasteiger partial charge in [-0.15, -0.1) is 0 Å². The van der Waals surface area contributed by atoms with E-state index in [1.807, 2.05) is 12.1 Å². The number of aromatic carboxylic acids is 1. The van der Waals surface area contributed by atoms with Crippen LogP contribution < -0.4 is 4.74 Å². The molecule has 0 amide bonds. The molecule has 0 aliphatic carbocycles. The van der Waals surface area contributed by atoms with Gasteiger partial charge in [0.15, 0.2) is 0 Å². The van der Waals surface area contributed by atoms with Gasteiger partial charge in [-0.05, 0) is 55.0 Å². The molecule has 0 aliphatic rings. The van der Waals surface area contributed by atoms with Gasteiger partial charge >= 0.3 is 11.9 Å². The summed E-state index contributed by atoms with van der Waals surface area (Å²) in [5.41, 5.74) is 2.22. The van der Waals surface area contributed by atoms with E-state index in [9.17, 15) is 14.7 Å². The number of carboxylic acid groups (broad SMARTS) is 1. The maximum Gasteiger partial charge on any atom is 0.344 e. The molecule has 0 heterocycles. The summed E-state index contributed by atoms with van der Waals surface area (Å²) in [6.07, 6.45) is 15.6. The number of esters is 1. The quantitative estimate of drug-likeness (QED) is 0.144. The van der Waals surface area contributed by atoms with Gasteiger partial charge in [0, 0.05) is 0 Å². The number of unbranched alkanes of at least 4 members (excludes halogenated alkanes) is 10. The third-order valence-corrected chi connectivity index (χ3v) is 6.38. The topological polar surface area (TPSA) is 63.6 Å². The van der Waals surface area contributed by atoms with Crippen molar-refractivity contribution < 1.29 is 19.4 Å². The van der Waals surface area contributed by atoms with Gasteiger partial charge in [-0.1, -0.05) is 102 Å². The highest BCUT2D eigenvalue weighted by Crippen LogP contribution is 2.26. The van der Waals surface area contributed by atoms with Gasteiger partial charge in [0.2, 0.25) is 0 Å². The second-order valence-corrected chi connectivity index (χ2v) is 9.17. The van der Waals surface area contributed by atoms with Crippen LogP contribution in [0.15, 0.2) is 42.5 Å². The minimum Gasteiger partial charge on any atom is -0.478 e. The van der Waals surface area contributed by atoms with E-state index >= 15 is 0 Å². The molecule has 186 valence electrons. The van der Waals surface area contributed by atoms with Gasteiger partial charge in [0.05, 0.1) is 11.1 Å². The fourth-order valence-electron chi connectivity index (χ4n) is 4.45. The van der Waals surface area contributed by atoms with Crippen LogP contribution in [0.3, 0.4) is 0 Å². The molecule has 1 N–H and O–H groups in total. The molecule has 0 radical (unpaired) electrons. The molecule has 2 aromatic carbocycles. The summed E-state index contributed by atoms with van der Waals surface area (Å²) in [5.74, 6) is -1.24. The molecule has 4 nitrogen and oxygen atoms in total. The average Bonchev–Trinajstić information content (AvgIpc) is 2.84. The lowest BCUT2D eigenvalue weighted by atomic mass is 9.89. The predicted molar refractivity (Wildman–Crippen MR) is 139 cm³/mol. The highest BCUT2D eigenvalue weighted by atomic mass is 16.5. The lowest BCUT2D eigenvalue weighted by Crippen LogP contribution is -2.18. The number of benzene rings is 2. The Hall–Kier alpha value is -2.62. The summed E-state index contributed by atoms with van der Waals surface area (Å²) in [7, 11) is 0. The Morgan fingerprint density at radius 1 is 0.706 bits per heavy atom. The van der Waals surface area contributed by atoms with Crippen molar-refractivity contribution >= 4 is 11.9 Å². The molecular weight excluding hydrogens is 424 g/mol. The zero-order valence-electron chi connectivity index (χ0n) is 21.1. The second kappa shape index (κ2) is 16.1. The maximum atomic E-state index is 13.2. The highest BCUT2D eigenvalue weighted by molar-refractivity contribution is 6.04. The average molecular weight is 467 g/mol. The summed E-state index contributed by atoms with van der Waals surface area (Å²) in [4.78, 5) is 25.3. The number of carbonyl (C=O) groups is 2. The molecule has 0 aromatic heterocycles. The Labute approximate surface area is 205 Å². The van der Waals surface area contributed by atoms with Gasteiger partial charge in [-0.2, -0.15) is 0 Å². The number of hydrogen-bond acceptors (Lipinski definition) is 3. The first-order valence-electron chi connectivity index (χ1n) is 13.2. The van der Waals surface area contributed by atoms with E-state index in [1.165, 1.54) is 51.4 Å². The molecule has 2 rings (SSSR count). The summed E-state index contributed by atoms with van der Waals surface area (Å²) in [5, 5.41) is 9.85. The van der Waals surface area contributed by atoms with Crippen molar-refractivity contribution in [3.63, 3.8) is 0 Å². The molecule has 2 aromatic rings. The SMILES string of the molecule is CCCCCCCCc1ccc(C(=O)O)c(C(=O)Oc2ccccc2)c1CCCCCCCC. The molecule has 4 heteroatoms. The van der Waals surface area contributed by atoms with Crippen LogP contribution in [0.1, 0.15) is 123 Å². The number of hydrogen-bond donors (Lipinski definition) is 1. The lowest BCUT2D eigenvalue weighted by Gasteiger charge is -2.17. The van der Waals surface area contributed by atoms with Gasteiger partial charge < -0.3 is 9.84 Å². The van der Waals surface area contributed by atoms with E-state index in [0.29, 0.717) is 12.2 Å². The Balaban J connectivity index is 2.25. The van der Waals surface area contributed by atoms with Gasteiger partial charge in [0.1, 0.15) is 5.75 Å². The molecule has 34 heavy (non-hydrogen) atoms. The minimum absolute atomic E-state index is 0.0357. The fraction of sp³-hybridized carbons (Fsp3) is 0.533. The van der Waals surface area contributed by atoms with Crippen LogP contribution in [0.4, 0.5) is 0 Å². The molecule has 0 atom stereocenters. The van der Waals surface area contributed by atoms with Gasteiger partial charge in [-0.3, -0.25) is 0 Å². The van der Waals surface area contributed by atoms with E-state index in [2.05, 4.69) is 13.8 Å². The van der Waals surface area contributed by atoms with E-state index in [1.54, 1.807) is 30.3 Å². The molecule has 0 spiro atoms. The van der Waals surface area contributed by atoms with Crippen molar-refractivity contribution in [3.8, 4) is 5.75 Å². The minimum atomic E-state index is -1.09. The standard InChI is InChI=1S/C30H42O4/c1-3-5-7-9-11-14-18-24-22-23-27(29(31)32)28(26(24)21-17-12-10-8-6-4-2)30(33)34-25-19-15-13-16-20-25/h13,15-16,19-20,22-23H,3-12,14,17-18,21H2,1-2H3,(H,31,32). The molecular formula is C30H42O4. The zero-order chi connectivity index (χ0) is 24.6. The highest BCUT2D eigenvalue weighted by Gasteiger charge is 2.24. The van der Waals surface area contributed by atoms with E-state index in [-0.39, 0.29) is 11.1 Å². The van der Waals surface area contributed by atoms with Crippen molar-refractivity contribution in [3.05, 3.63) is 64.7 Å². The van der Waals surface area contributed by atoms with Crippen LogP contribution >= 0.6 is 0 Å². The number of ether oxygens (including phenoxy) is 1. The Kier molecular flexibility index (Phi) is 13.1. The Morgan fingerprint density at radius 2 is 1.26 bits per heavy atom. The largest absolute Gasteiger partial charge is 0.478 e. The second-order valence-electron chi connectivity index (χ2n) is 9.17. The zero-order valence-corrected chi connectivity index (χ0v) is 21.1. The molecule has 0 unspecified atom stereocenters. The summed E-state index contributed by atoms with van der Waals surface area (Å²) < 4.78 is 5.61. The van der Waals surface area contributed by atoms with Crippen molar-refractivity contribution in [2.45, 2.75) is 104 Å². The maximum absolute atomic E-state index is 13.2. The van der Waals surface area contributed by atoms with Crippen molar-refractivity contribution in [1.82, 2.24) is 0 Å². The van der Waals surface area contributed by atoms with Crippen molar-refractivity contribution in [1.29, 1.82) is 0 Å². The normalized spacial score (nSPS) is 10.9. The van der Waals surface area contributed by atoms with E-state index in [0.717, 1.165) is 43.2 Å². The van der Waals surface area contributed by atoms with Crippen LogP contribution in [0.5, 0.6) is 5.75 Å². The van der Waals surface area contributed by atoms with Crippen molar-refractivity contribution in [2.24, 2.45) is 0 Å². The number of aryl methyl sites for hydroxylation is 1. The summed E-state index contributed by atoms with van der Waals surface area (Å²) >= 11 is 0. The molecule has 0 saturated carbocycles. The van der Waals surface area contributed by atoms with E-state index < -0.39 is 11.9 Å². The first kappa shape index (κ1) is 27.6. The fourth-order valence-corrected chi connectivity index (χ4v) is 4.45. The Bertz CT molecular complexity index is 873. The lowest BCUT2D eigenvalue weighted by molar-refractivity contribution is 0.0667. The predicted octanol–water partition coefficient (Wildman–Crippen LogP) is 8.41. The molecule has 0 saturated heterocycles. The smallest absolute Gasteiger partial charge is 0.344 e. The number of rotatable bonds is 17. The number of para-hydroxylation sites is 1. The molecule has 0 bridgehead atoms. The summed E-state index contributed by atoms with van der Waals surface area (Å²) in [6.45, 7) is 4.42. The van der Waals surface area contributed by atoms with Crippen LogP contribution in [-0.4, -0.2) is 17.0 Å². The third kappa shape index (κ3) is 9.32.